The van der Waals surface area contributed by atoms with E-state index in [0.29, 0.717) is 38.8 Å². The lowest BCUT2D eigenvalue weighted by Crippen LogP contribution is -2.52. The molecule has 3 rings (SSSR count). The molecule has 2 fully saturated rings. The highest BCUT2D eigenvalue weighted by atomic mass is 32.2. The quantitative estimate of drug-likeness (QED) is 0.806. The summed E-state index contributed by atoms with van der Waals surface area (Å²) >= 11 is 1.75. The molecule has 6 nitrogen and oxygen atoms in total. The van der Waals surface area contributed by atoms with E-state index in [1.54, 1.807) is 16.2 Å². The Labute approximate surface area is 141 Å². The Balaban J connectivity index is 1.55. The predicted octanol–water partition coefficient (Wildman–Crippen LogP) is 0.989. The van der Waals surface area contributed by atoms with Crippen LogP contribution in [0.15, 0.2) is 17.5 Å². The van der Waals surface area contributed by atoms with E-state index in [-0.39, 0.29) is 5.91 Å². The molecule has 0 N–H and O–H groups in total. The Morgan fingerprint density at radius 3 is 2.61 bits per heavy atom. The summed E-state index contributed by atoms with van der Waals surface area (Å²) in [4.78, 5) is 17.9. The Bertz CT molecular complexity index is 637. The number of rotatable bonds is 4. The van der Waals surface area contributed by atoms with Gasteiger partial charge in [0.15, 0.2) is 0 Å². The number of hydrogen-bond acceptors (Lipinski definition) is 5. The zero-order chi connectivity index (χ0) is 16.4. The monoisotopic (exact) mass is 357 g/mol. The molecule has 1 amide bonds. The molecule has 128 valence electrons. The van der Waals surface area contributed by atoms with Gasteiger partial charge in [-0.15, -0.1) is 11.3 Å². The lowest BCUT2D eigenvalue weighted by Gasteiger charge is -2.34. The highest BCUT2D eigenvalue weighted by Crippen LogP contribution is 2.34. The summed E-state index contributed by atoms with van der Waals surface area (Å²) in [5.74, 6) is 0.113. The summed E-state index contributed by atoms with van der Waals surface area (Å²) in [6.45, 7) is 3.17. The summed E-state index contributed by atoms with van der Waals surface area (Å²) in [5, 5.41) is 2.08. The maximum atomic E-state index is 12.5. The third-order valence-corrected chi connectivity index (χ3v) is 6.91. The number of sulfonamides is 1. The van der Waals surface area contributed by atoms with Gasteiger partial charge in [0.2, 0.25) is 15.9 Å². The number of carbonyl (C=O) groups excluding carboxylic acids is 1. The van der Waals surface area contributed by atoms with Crippen LogP contribution in [-0.2, 0) is 14.8 Å². The zero-order valence-electron chi connectivity index (χ0n) is 13.3. The molecule has 0 radical (unpaired) electrons. The summed E-state index contributed by atoms with van der Waals surface area (Å²) in [6.07, 6.45) is 3.45. The standard InChI is InChI=1S/C15H23N3O3S2/c1-23(20,21)18-9-7-16(8-10-18)15(19)12-17-6-2-4-13(17)14-5-3-11-22-14/h3,5,11,13H,2,4,6-10,12H2,1H3/t13-/m0/s1. The lowest BCUT2D eigenvalue weighted by molar-refractivity contribution is -0.133. The SMILES string of the molecule is CS(=O)(=O)N1CCN(C(=O)CN2CCC[C@H]2c2cccs2)CC1. The molecule has 1 atom stereocenters. The minimum absolute atomic E-state index is 0.113. The van der Waals surface area contributed by atoms with Crippen molar-refractivity contribution in [3.63, 3.8) is 0 Å². The number of amides is 1. The Morgan fingerprint density at radius 2 is 2.00 bits per heavy atom. The van der Waals surface area contributed by atoms with Crippen molar-refractivity contribution in [1.29, 1.82) is 0 Å². The molecule has 2 aliphatic heterocycles. The fraction of sp³-hybridized carbons (Fsp3) is 0.667. The van der Waals surface area contributed by atoms with Gasteiger partial charge in [-0.3, -0.25) is 9.69 Å². The minimum atomic E-state index is -3.15. The summed E-state index contributed by atoms with van der Waals surface area (Å²) in [7, 11) is -3.15. The van der Waals surface area contributed by atoms with Gasteiger partial charge in [-0.25, -0.2) is 8.42 Å². The van der Waals surface area contributed by atoms with Gasteiger partial charge in [0.05, 0.1) is 12.8 Å². The van der Waals surface area contributed by atoms with Gasteiger partial charge in [0, 0.05) is 37.1 Å². The third kappa shape index (κ3) is 3.93. The molecule has 0 saturated carbocycles. The average Bonchev–Trinajstić information content (AvgIpc) is 3.17. The van der Waals surface area contributed by atoms with E-state index in [4.69, 9.17) is 0 Å². The van der Waals surface area contributed by atoms with E-state index in [0.717, 1.165) is 19.4 Å². The molecular weight excluding hydrogens is 334 g/mol. The Kier molecular flexibility index (Phi) is 5.05. The highest BCUT2D eigenvalue weighted by molar-refractivity contribution is 7.88. The second kappa shape index (κ2) is 6.88. The normalized spacial score (nSPS) is 24.2. The van der Waals surface area contributed by atoms with Crippen LogP contribution >= 0.6 is 11.3 Å². The number of carbonyl (C=O) groups is 1. The third-order valence-electron chi connectivity index (χ3n) is 4.63. The van der Waals surface area contributed by atoms with Crippen molar-refractivity contribution in [3.8, 4) is 0 Å². The molecule has 1 aromatic rings. The molecule has 0 unspecified atom stereocenters. The highest BCUT2D eigenvalue weighted by Gasteiger charge is 2.31. The number of thiophene rings is 1. The van der Waals surface area contributed by atoms with E-state index >= 15 is 0 Å². The van der Waals surface area contributed by atoms with Gasteiger partial charge in [-0.05, 0) is 30.8 Å². The summed E-state index contributed by atoms with van der Waals surface area (Å²) in [6, 6.07) is 4.56. The first kappa shape index (κ1) is 16.9. The average molecular weight is 358 g/mol. The van der Waals surface area contributed by atoms with E-state index in [2.05, 4.69) is 22.4 Å². The maximum absolute atomic E-state index is 12.5. The lowest BCUT2D eigenvalue weighted by atomic mass is 10.2. The molecule has 0 aromatic carbocycles. The van der Waals surface area contributed by atoms with Crippen LogP contribution in [0.4, 0.5) is 0 Å². The van der Waals surface area contributed by atoms with Crippen molar-refractivity contribution >= 4 is 27.3 Å². The fourth-order valence-electron chi connectivity index (χ4n) is 3.36. The van der Waals surface area contributed by atoms with E-state index < -0.39 is 10.0 Å². The van der Waals surface area contributed by atoms with E-state index in [1.165, 1.54) is 15.4 Å². The molecule has 8 heteroatoms. The Morgan fingerprint density at radius 1 is 1.26 bits per heavy atom. The van der Waals surface area contributed by atoms with Gasteiger partial charge in [0.25, 0.3) is 0 Å². The molecule has 0 aliphatic carbocycles. The van der Waals surface area contributed by atoms with Gasteiger partial charge >= 0.3 is 0 Å². The molecule has 2 saturated heterocycles. The second-order valence-electron chi connectivity index (χ2n) is 6.19. The van der Waals surface area contributed by atoms with Crippen LogP contribution in [0.3, 0.4) is 0 Å². The maximum Gasteiger partial charge on any atom is 0.236 e. The van der Waals surface area contributed by atoms with Crippen molar-refractivity contribution in [3.05, 3.63) is 22.4 Å². The summed E-state index contributed by atoms with van der Waals surface area (Å²) in [5.41, 5.74) is 0. The van der Waals surface area contributed by atoms with Crippen LogP contribution in [0, 0.1) is 0 Å². The van der Waals surface area contributed by atoms with Crippen LogP contribution in [0.5, 0.6) is 0 Å². The number of piperazine rings is 1. The Hall–Kier alpha value is -0.960. The van der Waals surface area contributed by atoms with E-state index in [1.807, 2.05) is 0 Å². The molecule has 1 aromatic heterocycles. The van der Waals surface area contributed by atoms with Crippen LogP contribution in [0.25, 0.3) is 0 Å². The zero-order valence-corrected chi connectivity index (χ0v) is 15.0. The van der Waals surface area contributed by atoms with Crippen LogP contribution in [0.1, 0.15) is 23.8 Å². The van der Waals surface area contributed by atoms with Crippen molar-refractivity contribution in [2.24, 2.45) is 0 Å². The van der Waals surface area contributed by atoms with Crippen molar-refractivity contribution in [2.45, 2.75) is 18.9 Å². The topological polar surface area (TPSA) is 60.9 Å². The van der Waals surface area contributed by atoms with E-state index in [9.17, 15) is 13.2 Å². The fourth-order valence-corrected chi connectivity index (χ4v) is 5.08. The van der Waals surface area contributed by atoms with Gasteiger partial charge < -0.3 is 4.90 Å². The van der Waals surface area contributed by atoms with Gasteiger partial charge in [-0.1, -0.05) is 6.07 Å². The van der Waals surface area contributed by atoms with Gasteiger partial charge in [-0.2, -0.15) is 4.31 Å². The minimum Gasteiger partial charge on any atom is -0.339 e. The van der Waals surface area contributed by atoms with Crippen molar-refractivity contribution < 1.29 is 13.2 Å². The van der Waals surface area contributed by atoms with Crippen molar-refractivity contribution in [1.82, 2.24) is 14.1 Å². The first-order chi connectivity index (χ1) is 10.9. The molecule has 3 heterocycles. The molecule has 0 spiro atoms. The predicted molar refractivity (Wildman–Crippen MR) is 90.9 cm³/mol. The van der Waals surface area contributed by atoms with Crippen LogP contribution < -0.4 is 0 Å². The molecule has 0 bridgehead atoms. The molecule has 2 aliphatic rings. The number of nitrogens with zero attached hydrogens (tertiary/aromatic N) is 3. The first-order valence-electron chi connectivity index (χ1n) is 7.95. The van der Waals surface area contributed by atoms with Gasteiger partial charge in [0.1, 0.15) is 0 Å². The summed E-state index contributed by atoms with van der Waals surface area (Å²) < 4.78 is 24.5. The molecular formula is C15H23N3O3S2. The number of hydrogen-bond donors (Lipinski definition) is 0. The first-order valence-corrected chi connectivity index (χ1v) is 10.7. The molecule has 23 heavy (non-hydrogen) atoms. The second-order valence-corrected chi connectivity index (χ2v) is 9.15. The van der Waals surface area contributed by atoms with Crippen LogP contribution in [0.2, 0.25) is 0 Å². The smallest absolute Gasteiger partial charge is 0.236 e. The number of likely N-dealkylation sites (tertiary alicyclic amines) is 1. The van der Waals surface area contributed by atoms with Crippen molar-refractivity contribution in [2.75, 3.05) is 45.5 Å². The van der Waals surface area contributed by atoms with Crippen LogP contribution in [-0.4, -0.2) is 74.0 Å². The largest absolute Gasteiger partial charge is 0.339 e.